The zero-order valence-corrected chi connectivity index (χ0v) is 76.0. The highest BCUT2D eigenvalue weighted by Crippen LogP contribution is 2.31. The van der Waals surface area contributed by atoms with Gasteiger partial charge in [-0.25, -0.2) is 9.78 Å². The molecule has 15 rings (SSSR count). The zero-order valence-electron chi connectivity index (χ0n) is 74.4. The summed E-state index contributed by atoms with van der Waals surface area (Å²) in [7, 11) is 9.41. The number of nitrogens with one attached hydrogen (secondary N) is 1. The predicted molar refractivity (Wildman–Crippen MR) is 492 cm³/mol. The van der Waals surface area contributed by atoms with E-state index in [9.17, 15) is 49.0 Å². The number of halogens is 2. The minimum Gasteiger partial charge on any atom is -0.490 e. The number of piperidine rings is 8. The van der Waals surface area contributed by atoms with E-state index < -0.39 is 15.8 Å². The fourth-order valence-corrected chi connectivity index (χ4v) is 16.3. The first kappa shape index (κ1) is 102. The van der Waals surface area contributed by atoms with Gasteiger partial charge in [-0.15, -0.1) is 12.4 Å². The molecule has 684 valence electrons. The van der Waals surface area contributed by atoms with Crippen LogP contribution < -0.4 is 41.3 Å². The molecule has 0 radical (unpaired) electrons. The number of ether oxygens (including phenoxy) is 4. The normalized spacial score (nSPS) is 18.1. The van der Waals surface area contributed by atoms with Gasteiger partial charge in [-0.3, -0.25) is 48.8 Å². The van der Waals surface area contributed by atoms with Crippen molar-refractivity contribution >= 4 is 86.6 Å². The van der Waals surface area contributed by atoms with Crippen molar-refractivity contribution in [2.45, 2.75) is 162 Å². The summed E-state index contributed by atoms with van der Waals surface area (Å²) in [6.07, 6.45) is 15.3. The molecule has 1 aromatic heterocycles. The summed E-state index contributed by atoms with van der Waals surface area (Å²) in [5, 5.41) is 40.5. The average molecular weight is 1770 g/mol. The summed E-state index contributed by atoms with van der Waals surface area (Å²) in [6.45, 7) is 24.3. The lowest BCUT2D eigenvalue weighted by atomic mass is 9.94. The number of hydrogen-bond acceptors (Lipinski definition) is 23. The van der Waals surface area contributed by atoms with E-state index in [2.05, 4.69) is 58.1 Å². The highest BCUT2D eigenvalue weighted by Gasteiger charge is 2.35. The van der Waals surface area contributed by atoms with Gasteiger partial charge in [0.05, 0.1) is 32.0 Å². The number of non-ortho nitro benzene ring substituents is 2. The number of aromatic carboxylic acids is 1. The molecule has 0 atom stereocenters. The number of carbonyl (C=O) groups excluding carboxylic acids is 4. The van der Waals surface area contributed by atoms with Gasteiger partial charge in [0.15, 0.2) is 0 Å². The van der Waals surface area contributed by atoms with Gasteiger partial charge in [-0.05, 0) is 287 Å². The van der Waals surface area contributed by atoms with E-state index in [1.165, 1.54) is 24.3 Å². The molecule has 0 spiro atoms. The van der Waals surface area contributed by atoms with Crippen LogP contribution in [-0.2, 0) is 19.2 Å². The number of rotatable bonds is 16. The van der Waals surface area contributed by atoms with Crippen LogP contribution in [0.5, 0.6) is 23.0 Å². The average Bonchev–Trinajstić information content (AvgIpc) is 0.773. The fraction of sp³-hybridized carbons (Fsp3) is 0.538. The predicted octanol–water partition coefficient (Wildman–Crippen LogP) is 13.2. The van der Waals surface area contributed by atoms with Crippen molar-refractivity contribution in [2.75, 3.05) is 151 Å². The first-order chi connectivity index (χ1) is 59.6. The van der Waals surface area contributed by atoms with Crippen LogP contribution in [0, 0.1) is 64.7 Å². The van der Waals surface area contributed by atoms with Gasteiger partial charge in [0, 0.05) is 144 Å². The molecule has 0 unspecified atom stereocenters. The molecule has 8 aliphatic rings. The lowest BCUT2D eigenvalue weighted by Crippen LogP contribution is -2.46. The van der Waals surface area contributed by atoms with Crippen LogP contribution in [0.15, 0.2) is 138 Å². The molecule has 0 aliphatic carbocycles. The molecule has 0 saturated carbocycles. The number of amides is 3. The number of aryl methyl sites for hydroxylation is 3. The number of fused-ring (bicyclic) bond motifs is 1. The summed E-state index contributed by atoms with van der Waals surface area (Å²) >= 11 is 5.35. The van der Waals surface area contributed by atoms with Crippen molar-refractivity contribution in [3.05, 3.63) is 187 Å². The second-order valence-electron chi connectivity index (χ2n) is 32.9. The molecule has 30 nitrogen and oxygen atoms in total. The Kier molecular flexibility index (Phi) is 42.6. The Hall–Kier alpha value is -10.1. The van der Waals surface area contributed by atoms with E-state index in [0.29, 0.717) is 46.1 Å². The third-order valence-corrected chi connectivity index (χ3v) is 24.0. The minimum absolute atomic E-state index is 0. The molecular weight excluding hydrogens is 1640 g/mol. The lowest BCUT2D eigenvalue weighted by Gasteiger charge is -2.36. The molecule has 9 heterocycles. The SMILES string of the molecule is CC.CN1CCC(C(=O)Cl)CC1.CN1CCC(C(=O)N2CCC(Oc3ccc(N)cc3)CC2)CC1.CN1CCC(C(=O)N2CCC(Oc3ccc([N+](=O)[O-])cc3)CC2)CC1.CO.Cc1ccc(N)c(C(=O)O)c1.Cc1ccc2nc(C)n(-c3ccc(OC4CCN(C(=O)C5CCN(C)CC5)CC4)cc3)c(=O)c2c1.Cl.O=[N+]([O-])c1ccc(OC2CCNCC2)cc1. The molecular formula is C93H132Cl2N14O16. The highest BCUT2D eigenvalue weighted by atomic mass is 35.5. The van der Waals surface area contributed by atoms with E-state index in [0.717, 1.165) is 254 Å². The number of aliphatic hydroxyl groups is 1. The fourth-order valence-electron chi connectivity index (χ4n) is 16.1. The van der Waals surface area contributed by atoms with Crippen LogP contribution >= 0.6 is 24.0 Å². The van der Waals surface area contributed by atoms with E-state index >= 15 is 0 Å². The number of nitro groups is 2. The first-order valence-corrected chi connectivity index (χ1v) is 44.1. The van der Waals surface area contributed by atoms with Crippen molar-refractivity contribution in [1.82, 2.24) is 49.2 Å². The van der Waals surface area contributed by atoms with Gasteiger partial charge in [0.25, 0.3) is 16.9 Å². The van der Waals surface area contributed by atoms with Crippen molar-refractivity contribution in [3.63, 3.8) is 0 Å². The van der Waals surface area contributed by atoms with E-state index in [-0.39, 0.29) is 88.2 Å². The number of hydrogen-bond donors (Lipinski definition) is 5. The number of carboxylic acids is 1. The lowest BCUT2D eigenvalue weighted by molar-refractivity contribution is -0.385. The number of likely N-dealkylation sites (tertiary alicyclic amines) is 7. The Morgan fingerprint density at radius 2 is 0.760 bits per heavy atom. The number of nitro benzene ring substituents is 2. The van der Waals surface area contributed by atoms with Crippen molar-refractivity contribution in [3.8, 4) is 28.7 Å². The van der Waals surface area contributed by atoms with E-state index in [1.807, 2.05) is 116 Å². The number of aromatic nitrogens is 2. The molecule has 6 aromatic carbocycles. The van der Waals surface area contributed by atoms with E-state index in [1.54, 1.807) is 47.0 Å². The van der Waals surface area contributed by atoms with Gasteiger partial charge in [0.1, 0.15) is 53.2 Å². The molecule has 8 aliphatic heterocycles. The minimum atomic E-state index is -0.980. The number of carboxylic acid groups (broad SMARTS) is 1. The maximum atomic E-state index is 13.2. The molecule has 8 fully saturated rings. The Labute approximate surface area is 746 Å². The number of aliphatic hydroxyl groups excluding tert-OH is 1. The molecule has 3 amide bonds. The van der Waals surface area contributed by atoms with Gasteiger partial charge < -0.3 is 80.2 Å². The topological polar surface area (TPSA) is 371 Å². The first-order valence-electron chi connectivity index (χ1n) is 43.8. The Balaban J connectivity index is 0.000000214. The molecule has 7 N–H and O–H groups in total. The number of anilines is 2. The van der Waals surface area contributed by atoms with Crippen molar-refractivity contribution < 1.29 is 63.0 Å². The molecule has 7 aromatic rings. The number of nitrogen functional groups attached to an aromatic ring is 2. The largest absolute Gasteiger partial charge is 0.490 e. The zero-order chi connectivity index (χ0) is 89.9. The Morgan fingerprint density at radius 3 is 1.09 bits per heavy atom. The van der Waals surface area contributed by atoms with Crippen LogP contribution in [0.3, 0.4) is 0 Å². The van der Waals surface area contributed by atoms with Crippen LogP contribution in [-0.4, -0.2) is 257 Å². The number of nitrogens with zero attached hydrogens (tertiary/aromatic N) is 11. The van der Waals surface area contributed by atoms with Crippen molar-refractivity contribution in [1.29, 1.82) is 0 Å². The monoisotopic (exact) mass is 1770 g/mol. The van der Waals surface area contributed by atoms with Crippen LogP contribution in [0.2, 0.25) is 0 Å². The maximum Gasteiger partial charge on any atom is 0.337 e. The second-order valence-corrected chi connectivity index (χ2v) is 33.3. The third kappa shape index (κ3) is 32.4. The van der Waals surface area contributed by atoms with Crippen molar-refractivity contribution in [2.24, 2.45) is 23.7 Å². The van der Waals surface area contributed by atoms with Gasteiger partial charge in [-0.2, -0.15) is 0 Å². The smallest absolute Gasteiger partial charge is 0.337 e. The third-order valence-electron chi connectivity index (χ3n) is 23.7. The Bertz CT molecular complexity index is 4550. The summed E-state index contributed by atoms with van der Waals surface area (Å²) in [6, 6.07) is 38.3. The summed E-state index contributed by atoms with van der Waals surface area (Å²) < 4.78 is 25.5. The summed E-state index contributed by atoms with van der Waals surface area (Å²) in [5.74, 6) is 4.32. The van der Waals surface area contributed by atoms with Gasteiger partial charge in [0.2, 0.25) is 23.0 Å². The van der Waals surface area contributed by atoms with Crippen LogP contribution in [0.25, 0.3) is 16.6 Å². The Morgan fingerprint density at radius 1 is 0.448 bits per heavy atom. The molecule has 125 heavy (non-hydrogen) atoms. The quantitative estimate of drug-likeness (QED) is 0.0260. The molecule has 8 saturated heterocycles. The van der Waals surface area contributed by atoms with E-state index in [4.69, 9.17) is 52.2 Å². The maximum absolute atomic E-state index is 13.2. The van der Waals surface area contributed by atoms with Crippen LogP contribution in [0.1, 0.15) is 144 Å². The molecule has 32 heteroatoms. The standard InChI is InChI=1S/C28H34N4O3.C18H25N3O4.C18H27N3O2.C11H14N2O3.C8H9NO2.C7H12ClNO.C2H6.CH4O.ClH/c1-19-4-9-26-25(18-19)28(34)32(20(2)29-26)22-5-7-23(8-6-22)35-24-12-16-31(17-13-24)27(33)21-10-14-30(3)15-11-21;1-19-10-6-14(7-11-19)18(22)20-12-8-17(9-13-20)25-16-4-2-15(3-5-16)21(23)24;1-20-10-6-14(7-11-20)18(22)21-12-8-17(9-13-21)23-16-4-2-15(19)3-5-16;14-13(15)9-1-3-10(4-2-9)16-11-5-7-12-8-6-11;1-5-2-3-7(9)6(4-5)8(10)11;1-9-4-2-6(3-5-9)7(8)10;2*1-2;/h4-9,18,21,24H,10-17H2,1-3H3;2-5,14,17H,6-13H2,1H3;2-5,14,17H,6-13,19H2,1H3;1-4,11-12H,5-8H2;2-4H,9H2,1H3,(H,10,11);6H,2-5H2,1H3;1-2H3;2H,1H3;1H. The van der Waals surface area contributed by atoms with Gasteiger partial charge >= 0.3 is 5.97 Å². The molecule has 0 bridgehead atoms. The number of nitrogens with two attached hydrogens (primary N) is 2. The van der Waals surface area contributed by atoms with Crippen LogP contribution in [0.4, 0.5) is 22.7 Å². The number of benzene rings is 6. The summed E-state index contributed by atoms with van der Waals surface area (Å²) in [5.41, 5.74) is 15.8. The van der Waals surface area contributed by atoms with Gasteiger partial charge in [-0.1, -0.05) is 37.1 Å². The highest BCUT2D eigenvalue weighted by molar-refractivity contribution is 6.64. The second kappa shape index (κ2) is 52.2. The summed E-state index contributed by atoms with van der Waals surface area (Å²) in [4.78, 5) is 113. The number of carbonyl (C=O) groups is 5.